The molecule has 5 rings (SSSR count). The summed E-state index contributed by atoms with van der Waals surface area (Å²) in [5.74, 6) is 0.790. The molecule has 0 aliphatic carbocycles. The molecular formula is C36H38ClN3O6S2. The molecule has 9 nitrogen and oxygen atoms in total. The number of rotatable bonds is 15. The van der Waals surface area contributed by atoms with E-state index in [1.165, 1.54) is 28.0 Å². The van der Waals surface area contributed by atoms with Crippen LogP contribution in [0.1, 0.15) is 63.3 Å². The summed E-state index contributed by atoms with van der Waals surface area (Å²) < 4.78 is 18.3. The minimum atomic E-state index is -1.01. The minimum absolute atomic E-state index is 0.0660. The average Bonchev–Trinajstić information content (AvgIpc) is 3.65. The molecule has 3 aromatic carbocycles. The van der Waals surface area contributed by atoms with Crippen molar-refractivity contribution >= 4 is 57.3 Å². The third-order valence-electron chi connectivity index (χ3n) is 7.46. The number of benzene rings is 3. The van der Waals surface area contributed by atoms with Gasteiger partial charge in [-0.1, -0.05) is 73.7 Å². The summed E-state index contributed by atoms with van der Waals surface area (Å²) >= 11 is 8.68. The van der Waals surface area contributed by atoms with Gasteiger partial charge in [0, 0.05) is 16.3 Å². The summed E-state index contributed by atoms with van der Waals surface area (Å²) in [6.07, 6.45) is 1.72. The Kier molecular flexibility index (Phi) is 12.0. The predicted molar refractivity (Wildman–Crippen MR) is 190 cm³/mol. The molecule has 1 fully saturated rings. The van der Waals surface area contributed by atoms with Crippen molar-refractivity contribution in [3.8, 4) is 17.2 Å². The molecular weight excluding hydrogens is 670 g/mol. The van der Waals surface area contributed by atoms with E-state index in [-0.39, 0.29) is 16.5 Å². The highest BCUT2D eigenvalue weighted by Gasteiger charge is 2.48. The molecule has 0 saturated carbocycles. The van der Waals surface area contributed by atoms with Crippen LogP contribution in [0.15, 0.2) is 76.6 Å². The first-order valence-corrected chi connectivity index (χ1v) is 18.0. The molecule has 0 spiro atoms. The highest BCUT2D eigenvalue weighted by atomic mass is 35.5. The number of aliphatic hydroxyl groups excluding tert-OH is 1. The van der Waals surface area contributed by atoms with E-state index in [1.807, 2.05) is 38.1 Å². The fourth-order valence-electron chi connectivity index (χ4n) is 5.00. The van der Waals surface area contributed by atoms with Crippen LogP contribution in [0.2, 0.25) is 5.02 Å². The molecule has 1 aromatic heterocycles. The summed E-state index contributed by atoms with van der Waals surface area (Å²) in [5, 5.41) is 21.2. The van der Waals surface area contributed by atoms with Gasteiger partial charge >= 0.3 is 5.91 Å². The van der Waals surface area contributed by atoms with Crippen molar-refractivity contribution in [1.29, 1.82) is 0 Å². The van der Waals surface area contributed by atoms with Crippen LogP contribution in [0, 0.1) is 5.92 Å². The molecule has 48 heavy (non-hydrogen) atoms. The number of hydrogen-bond acceptors (Lipinski definition) is 10. The van der Waals surface area contributed by atoms with Crippen LogP contribution in [0.5, 0.6) is 17.2 Å². The van der Waals surface area contributed by atoms with Crippen LogP contribution >= 0.6 is 34.7 Å². The zero-order valence-corrected chi connectivity index (χ0v) is 29.7. The Labute approximate surface area is 293 Å². The molecule has 1 amide bonds. The number of aromatic nitrogens is 2. The van der Waals surface area contributed by atoms with Crippen LogP contribution in [-0.2, 0) is 15.3 Å². The van der Waals surface area contributed by atoms with Crippen LogP contribution in [0.4, 0.5) is 5.13 Å². The first kappa shape index (κ1) is 35.3. The number of ketones is 1. The summed E-state index contributed by atoms with van der Waals surface area (Å²) in [5.41, 5.74) is 1.90. The number of anilines is 1. The van der Waals surface area contributed by atoms with E-state index in [9.17, 15) is 14.7 Å². The van der Waals surface area contributed by atoms with Gasteiger partial charge in [0.15, 0.2) is 15.8 Å². The zero-order valence-electron chi connectivity index (χ0n) is 27.3. The van der Waals surface area contributed by atoms with E-state index in [0.717, 1.165) is 18.4 Å². The smallest absolute Gasteiger partial charge is 0.301 e. The number of nitrogens with zero attached hydrogens (tertiary/aromatic N) is 3. The van der Waals surface area contributed by atoms with Gasteiger partial charge < -0.3 is 19.3 Å². The lowest BCUT2D eigenvalue weighted by atomic mass is 9.95. The van der Waals surface area contributed by atoms with Gasteiger partial charge in [0.1, 0.15) is 11.5 Å². The molecule has 0 radical (unpaired) electrons. The van der Waals surface area contributed by atoms with Crippen molar-refractivity contribution in [1.82, 2.24) is 10.2 Å². The molecule has 1 unspecified atom stereocenters. The van der Waals surface area contributed by atoms with Crippen molar-refractivity contribution < 1.29 is 28.9 Å². The lowest BCUT2D eigenvalue weighted by molar-refractivity contribution is -0.132. The molecule has 2 heterocycles. The van der Waals surface area contributed by atoms with E-state index in [1.54, 1.807) is 42.5 Å². The summed E-state index contributed by atoms with van der Waals surface area (Å²) in [6.45, 7) is 9.57. The Morgan fingerprint density at radius 3 is 2.40 bits per heavy atom. The van der Waals surface area contributed by atoms with Gasteiger partial charge in [-0.2, -0.15) is 0 Å². The second-order valence-electron chi connectivity index (χ2n) is 11.5. The van der Waals surface area contributed by atoms with Crippen LogP contribution in [0.25, 0.3) is 5.76 Å². The number of halogens is 1. The fourth-order valence-corrected chi connectivity index (χ4v) is 6.95. The number of ether oxygens (including phenoxy) is 3. The van der Waals surface area contributed by atoms with Crippen molar-refractivity contribution in [2.24, 2.45) is 5.92 Å². The largest absolute Gasteiger partial charge is 0.507 e. The maximum absolute atomic E-state index is 13.8. The van der Waals surface area contributed by atoms with E-state index in [0.29, 0.717) is 69.2 Å². The molecule has 1 atom stereocenters. The number of amides is 1. The predicted octanol–water partition coefficient (Wildman–Crippen LogP) is 8.72. The first-order valence-electron chi connectivity index (χ1n) is 15.8. The number of carbonyl (C=O) groups excluding carboxylic acids is 2. The number of hydrogen-bond donors (Lipinski definition) is 1. The van der Waals surface area contributed by atoms with E-state index >= 15 is 0 Å². The lowest BCUT2D eigenvalue weighted by Crippen LogP contribution is -2.29. The van der Waals surface area contributed by atoms with Crippen LogP contribution < -0.4 is 19.1 Å². The van der Waals surface area contributed by atoms with E-state index in [2.05, 4.69) is 24.0 Å². The minimum Gasteiger partial charge on any atom is -0.507 e. The summed E-state index contributed by atoms with van der Waals surface area (Å²) in [4.78, 5) is 28.9. The van der Waals surface area contributed by atoms with Crippen molar-refractivity contribution in [2.75, 3.05) is 24.7 Å². The average molecular weight is 708 g/mol. The molecule has 1 N–H and O–H groups in total. The van der Waals surface area contributed by atoms with Gasteiger partial charge in [0.05, 0.1) is 31.4 Å². The zero-order chi connectivity index (χ0) is 34.2. The molecule has 4 aromatic rings. The normalized spacial score (nSPS) is 15.7. The van der Waals surface area contributed by atoms with Gasteiger partial charge in [-0.25, -0.2) is 0 Å². The Hall–Kier alpha value is -4.06. The second-order valence-corrected chi connectivity index (χ2v) is 14.1. The Bertz CT molecular complexity index is 1760. The van der Waals surface area contributed by atoms with Crippen LogP contribution in [0.3, 0.4) is 0 Å². The number of carbonyl (C=O) groups is 2. The third kappa shape index (κ3) is 8.32. The molecule has 1 aliphatic rings. The summed E-state index contributed by atoms with van der Waals surface area (Å²) in [6, 6.07) is 18.6. The number of Topliss-reactive ketones (excluding diaryl/α,β-unsaturated/α-hetero) is 1. The maximum atomic E-state index is 13.8. The van der Waals surface area contributed by atoms with Gasteiger partial charge in [0.2, 0.25) is 5.13 Å². The first-order chi connectivity index (χ1) is 23.2. The molecule has 1 aliphatic heterocycles. The third-order valence-corrected chi connectivity index (χ3v) is 9.84. The number of thioether (sulfide) groups is 1. The van der Waals surface area contributed by atoms with Crippen molar-refractivity contribution in [3.05, 3.63) is 94.0 Å². The van der Waals surface area contributed by atoms with E-state index < -0.39 is 17.7 Å². The second kappa shape index (κ2) is 16.4. The SMILES string of the molecule is CCCOc1ccc(C(O)=C2C(=O)C(=O)N(c3nnc(SCc4ccc(Cl)cc4)s3)C2c2ccc(OCCC(C)C)c(OCC)c2)cc1. The fraction of sp³-hybridized carbons (Fsp3) is 0.333. The molecule has 1 saturated heterocycles. The monoisotopic (exact) mass is 707 g/mol. The van der Waals surface area contributed by atoms with Gasteiger partial charge in [-0.05, 0) is 85.3 Å². The van der Waals surface area contributed by atoms with Gasteiger partial charge in [-0.3, -0.25) is 14.5 Å². The topological polar surface area (TPSA) is 111 Å². The summed E-state index contributed by atoms with van der Waals surface area (Å²) in [7, 11) is 0. The maximum Gasteiger partial charge on any atom is 0.301 e. The van der Waals surface area contributed by atoms with Crippen molar-refractivity contribution in [3.63, 3.8) is 0 Å². The van der Waals surface area contributed by atoms with Gasteiger partial charge in [0.25, 0.3) is 5.78 Å². The van der Waals surface area contributed by atoms with Crippen LogP contribution in [-0.4, -0.2) is 46.8 Å². The number of aliphatic hydroxyl groups is 1. The standard InChI is InChI=1S/C36H38ClN3O6S2/c1-5-18-45-27-14-9-24(10-15-27)32(41)30-31(25-11-16-28(29(20-25)44-6-2)46-19-17-22(3)4)40(34(43)33(30)42)35-38-39-36(48-35)47-21-23-7-12-26(37)13-8-23/h7-16,20,22,31,41H,5-6,17-19,21H2,1-4H3. The quantitative estimate of drug-likeness (QED) is 0.0426. The molecule has 0 bridgehead atoms. The highest BCUT2D eigenvalue weighted by molar-refractivity contribution is 8.00. The molecule has 12 heteroatoms. The van der Waals surface area contributed by atoms with Crippen molar-refractivity contribution in [2.45, 2.75) is 56.7 Å². The highest BCUT2D eigenvalue weighted by Crippen LogP contribution is 2.46. The Balaban J connectivity index is 1.54. The van der Waals surface area contributed by atoms with E-state index in [4.69, 9.17) is 25.8 Å². The Morgan fingerprint density at radius 2 is 1.71 bits per heavy atom. The Morgan fingerprint density at radius 1 is 0.958 bits per heavy atom. The molecule has 252 valence electrons. The van der Waals surface area contributed by atoms with Gasteiger partial charge in [-0.15, -0.1) is 10.2 Å². The lowest BCUT2D eigenvalue weighted by Gasteiger charge is -2.24.